The summed E-state index contributed by atoms with van der Waals surface area (Å²) < 4.78 is 5.20. The number of benzene rings is 3. The van der Waals surface area contributed by atoms with Crippen molar-refractivity contribution in [3.8, 4) is 5.75 Å². The van der Waals surface area contributed by atoms with Crippen LogP contribution in [0.3, 0.4) is 0 Å². The van der Waals surface area contributed by atoms with Crippen LogP contribution in [0.4, 0.5) is 0 Å². The van der Waals surface area contributed by atoms with E-state index in [4.69, 9.17) is 9.84 Å². The lowest BCUT2D eigenvalue weighted by Crippen LogP contribution is -2.02. The van der Waals surface area contributed by atoms with Crippen molar-refractivity contribution >= 4 is 5.97 Å². The molecule has 0 spiro atoms. The Hall–Kier alpha value is -3.07. The third-order valence-corrected chi connectivity index (χ3v) is 4.77. The number of hydrogen-bond acceptors (Lipinski definition) is 2. The highest BCUT2D eigenvalue weighted by molar-refractivity contribution is 5.90. The number of carboxylic acid groups (broad SMARTS) is 1. The number of carboxylic acids is 1. The Balaban J connectivity index is 1.56. The van der Waals surface area contributed by atoms with Gasteiger partial charge in [-0.2, -0.15) is 0 Å². The van der Waals surface area contributed by atoms with Crippen molar-refractivity contribution in [2.45, 2.75) is 25.7 Å². The largest absolute Gasteiger partial charge is 0.496 e. The van der Waals surface area contributed by atoms with Crippen molar-refractivity contribution in [2.24, 2.45) is 0 Å². The topological polar surface area (TPSA) is 46.5 Å². The molecule has 138 valence electrons. The van der Waals surface area contributed by atoms with Crippen molar-refractivity contribution in [1.29, 1.82) is 0 Å². The number of hydrogen-bond donors (Lipinski definition) is 1. The first-order valence-electron chi connectivity index (χ1n) is 9.17. The number of aryl methyl sites for hydroxylation is 4. The number of rotatable bonds is 8. The van der Waals surface area contributed by atoms with Gasteiger partial charge in [-0.1, -0.05) is 60.7 Å². The van der Waals surface area contributed by atoms with Gasteiger partial charge in [-0.25, -0.2) is 4.79 Å². The maximum atomic E-state index is 11.2. The summed E-state index contributed by atoms with van der Waals surface area (Å²) in [5.41, 5.74) is 5.25. The van der Waals surface area contributed by atoms with Crippen LogP contribution in [-0.2, 0) is 25.7 Å². The molecule has 0 aliphatic carbocycles. The molecule has 0 saturated heterocycles. The fraction of sp³-hybridized carbons (Fsp3) is 0.208. The van der Waals surface area contributed by atoms with E-state index in [9.17, 15) is 4.79 Å². The molecule has 0 amide bonds. The first kappa shape index (κ1) is 18.7. The lowest BCUT2D eigenvalue weighted by molar-refractivity contribution is 0.0693. The third kappa shape index (κ3) is 5.20. The maximum absolute atomic E-state index is 11.2. The van der Waals surface area contributed by atoms with Gasteiger partial charge in [0.1, 0.15) is 11.3 Å². The second kappa shape index (κ2) is 9.04. The van der Waals surface area contributed by atoms with Crippen LogP contribution >= 0.6 is 0 Å². The van der Waals surface area contributed by atoms with Gasteiger partial charge in [0.15, 0.2) is 0 Å². The highest BCUT2D eigenvalue weighted by atomic mass is 16.5. The van der Waals surface area contributed by atoms with Crippen LogP contribution < -0.4 is 4.74 Å². The second-order valence-corrected chi connectivity index (χ2v) is 6.64. The van der Waals surface area contributed by atoms with Gasteiger partial charge in [0, 0.05) is 0 Å². The van der Waals surface area contributed by atoms with Crippen molar-refractivity contribution < 1.29 is 14.6 Å². The molecule has 0 saturated carbocycles. The standard InChI is InChI=1S/C24H24O3/c1-27-23-17-21(15-16-22(23)24(25)26)14-13-20-11-9-19(10-12-20)8-7-18-5-3-2-4-6-18/h2-6,9-12,15-17H,7-8,13-14H2,1H3,(H,25,26). The molecule has 3 aromatic rings. The van der Waals surface area contributed by atoms with Crippen molar-refractivity contribution in [2.75, 3.05) is 7.11 Å². The number of methoxy groups -OCH3 is 1. The smallest absolute Gasteiger partial charge is 0.339 e. The molecule has 0 atom stereocenters. The van der Waals surface area contributed by atoms with Gasteiger partial charge in [-0.05, 0) is 60.1 Å². The molecule has 0 aliphatic rings. The predicted octanol–water partition coefficient (Wildman–Crippen LogP) is 4.96. The molecule has 3 aromatic carbocycles. The highest BCUT2D eigenvalue weighted by Crippen LogP contribution is 2.21. The fourth-order valence-electron chi connectivity index (χ4n) is 3.16. The first-order chi connectivity index (χ1) is 13.2. The van der Waals surface area contributed by atoms with E-state index in [1.54, 1.807) is 6.07 Å². The quantitative estimate of drug-likeness (QED) is 0.617. The Bertz CT molecular complexity index is 883. The van der Waals surface area contributed by atoms with Crippen molar-refractivity contribution in [3.05, 3.63) is 101 Å². The molecule has 3 heteroatoms. The number of aromatic carboxylic acids is 1. The van der Waals surface area contributed by atoms with E-state index in [0.717, 1.165) is 31.2 Å². The molecule has 27 heavy (non-hydrogen) atoms. The normalized spacial score (nSPS) is 10.6. The molecule has 0 unspecified atom stereocenters. The molecule has 0 aromatic heterocycles. The van der Waals surface area contributed by atoms with Gasteiger partial charge in [-0.3, -0.25) is 0 Å². The molecular formula is C24H24O3. The van der Waals surface area contributed by atoms with Gasteiger partial charge in [0.05, 0.1) is 7.11 Å². The zero-order valence-corrected chi connectivity index (χ0v) is 15.5. The fourth-order valence-corrected chi connectivity index (χ4v) is 3.16. The summed E-state index contributed by atoms with van der Waals surface area (Å²) in [6, 6.07) is 24.6. The Labute approximate surface area is 160 Å². The minimum absolute atomic E-state index is 0.198. The lowest BCUT2D eigenvalue weighted by atomic mass is 9.99. The second-order valence-electron chi connectivity index (χ2n) is 6.64. The van der Waals surface area contributed by atoms with Crippen LogP contribution in [0.2, 0.25) is 0 Å². The molecule has 0 bridgehead atoms. The van der Waals surface area contributed by atoms with Crippen LogP contribution in [0.15, 0.2) is 72.8 Å². The van der Waals surface area contributed by atoms with Crippen LogP contribution in [0.1, 0.15) is 32.6 Å². The molecule has 0 aliphatic heterocycles. The summed E-state index contributed by atoms with van der Waals surface area (Å²) in [5.74, 6) is -0.555. The molecule has 3 nitrogen and oxygen atoms in total. The van der Waals surface area contributed by atoms with Gasteiger partial charge >= 0.3 is 5.97 Å². The van der Waals surface area contributed by atoms with E-state index >= 15 is 0 Å². The monoisotopic (exact) mass is 360 g/mol. The summed E-state index contributed by atoms with van der Waals surface area (Å²) in [7, 11) is 1.50. The van der Waals surface area contributed by atoms with Crippen LogP contribution in [-0.4, -0.2) is 18.2 Å². The minimum atomic E-state index is -0.968. The Morgan fingerprint density at radius 3 is 1.74 bits per heavy atom. The average Bonchev–Trinajstić information content (AvgIpc) is 2.72. The summed E-state index contributed by atoms with van der Waals surface area (Å²) in [6.45, 7) is 0. The zero-order valence-electron chi connectivity index (χ0n) is 15.5. The summed E-state index contributed by atoms with van der Waals surface area (Å²) in [6.07, 6.45) is 3.85. The van der Waals surface area contributed by atoms with Gasteiger partial charge in [0.25, 0.3) is 0 Å². The van der Waals surface area contributed by atoms with E-state index in [0.29, 0.717) is 5.75 Å². The van der Waals surface area contributed by atoms with Crippen LogP contribution in [0.5, 0.6) is 5.75 Å². The molecule has 0 heterocycles. The van der Waals surface area contributed by atoms with Crippen LogP contribution in [0.25, 0.3) is 0 Å². The SMILES string of the molecule is COc1cc(CCc2ccc(CCc3ccccc3)cc2)ccc1C(=O)O. The molecule has 1 N–H and O–H groups in total. The predicted molar refractivity (Wildman–Crippen MR) is 108 cm³/mol. The average molecular weight is 360 g/mol. The van der Waals surface area contributed by atoms with Crippen LogP contribution in [0, 0.1) is 0 Å². The van der Waals surface area contributed by atoms with Crippen molar-refractivity contribution in [3.63, 3.8) is 0 Å². The van der Waals surface area contributed by atoms with E-state index in [1.807, 2.05) is 18.2 Å². The Morgan fingerprint density at radius 2 is 1.22 bits per heavy atom. The van der Waals surface area contributed by atoms with E-state index in [-0.39, 0.29) is 5.56 Å². The maximum Gasteiger partial charge on any atom is 0.339 e. The summed E-state index contributed by atoms with van der Waals surface area (Å²) in [5, 5.41) is 9.16. The van der Waals surface area contributed by atoms with Gasteiger partial charge < -0.3 is 9.84 Å². The lowest BCUT2D eigenvalue weighted by Gasteiger charge is -2.09. The molecule has 0 radical (unpaired) electrons. The van der Waals surface area contributed by atoms with Crippen molar-refractivity contribution in [1.82, 2.24) is 0 Å². The van der Waals surface area contributed by atoms with E-state index in [2.05, 4.69) is 48.5 Å². The summed E-state index contributed by atoms with van der Waals surface area (Å²) >= 11 is 0. The van der Waals surface area contributed by atoms with E-state index < -0.39 is 5.97 Å². The highest BCUT2D eigenvalue weighted by Gasteiger charge is 2.11. The van der Waals surface area contributed by atoms with Gasteiger partial charge in [0.2, 0.25) is 0 Å². The number of ether oxygens (including phenoxy) is 1. The zero-order chi connectivity index (χ0) is 19.1. The Morgan fingerprint density at radius 1 is 0.741 bits per heavy atom. The third-order valence-electron chi connectivity index (χ3n) is 4.77. The minimum Gasteiger partial charge on any atom is -0.496 e. The van der Waals surface area contributed by atoms with E-state index in [1.165, 1.54) is 23.8 Å². The summed E-state index contributed by atoms with van der Waals surface area (Å²) in [4.78, 5) is 11.2. The number of carbonyl (C=O) groups is 1. The Kier molecular flexibility index (Phi) is 6.26. The molecule has 0 fully saturated rings. The first-order valence-corrected chi connectivity index (χ1v) is 9.17. The molecular weight excluding hydrogens is 336 g/mol. The molecule has 3 rings (SSSR count). The van der Waals surface area contributed by atoms with Gasteiger partial charge in [-0.15, -0.1) is 0 Å².